The standard InChI is InChI=1S/C11H13BrF2N2O3/c12-8-1-2-10(18)16(5-8)7-11(19)15(3-4-17)6-9(13)14/h1-2,5,9,17H,3-4,6-7H2. The zero-order chi connectivity index (χ0) is 14.4. The van der Waals surface area contributed by atoms with Gasteiger partial charge < -0.3 is 14.6 Å². The molecule has 0 unspecified atom stereocenters. The van der Waals surface area contributed by atoms with Crippen LogP contribution >= 0.6 is 15.9 Å². The number of carbonyl (C=O) groups is 1. The molecule has 5 nitrogen and oxygen atoms in total. The molecule has 0 atom stereocenters. The van der Waals surface area contributed by atoms with Gasteiger partial charge in [-0.2, -0.15) is 0 Å². The molecule has 0 radical (unpaired) electrons. The first-order valence-electron chi connectivity index (χ1n) is 5.47. The molecule has 0 aliphatic rings. The van der Waals surface area contributed by atoms with E-state index in [1.807, 2.05) is 0 Å². The maximum Gasteiger partial charge on any atom is 0.255 e. The first-order valence-corrected chi connectivity index (χ1v) is 6.26. The number of halogens is 3. The Morgan fingerprint density at radius 2 is 2.16 bits per heavy atom. The first-order chi connectivity index (χ1) is 8.93. The van der Waals surface area contributed by atoms with Crippen LogP contribution in [0.5, 0.6) is 0 Å². The summed E-state index contributed by atoms with van der Waals surface area (Å²) in [7, 11) is 0. The zero-order valence-electron chi connectivity index (χ0n) is 9.93. The van der Waals surface area contributed by atoms with Gasteiger partial charge in [0, 0.05) is 23.3 Å². The molecule has 0 aromatic carbocycles. The number of hydrogen-bond donors (Lipinski definition) is 1. The van der Waals surface area contributed by atoms with Gasteiger partial charge in [-0.3, -0.25) is 9.59 Å². The van der Waals surface area contributed by atoms with E-state index in [2.05, 4.69) is 15.9 Å². The lowest BCUT2D eigenvalue weighted by Crippen LogP contribution is -2.40. The van der Waals surface area contributed by atoms with Crippen molar-refractivity contribution in [3.63, 3.8) is 0 Å². The van der Waals surface area contributed by atoms with Gasteiger partial charge in [0.05, 0.1) is 13.2 Å². The Morgan fingerprint density at radius 3 is 2.74 bits per heavy atom. The van der Waals surface area contributed by atoms with Gasteiger partial charge in [-0.1, -0.05) is 0 Å². The third kappa shape index (κ3) is 5.07. The Labute approximate surface area is 116 Å². The monoisotopic (exact) mass is 338 g/mol. The Hall–Kier alpha value is -1.28. The van der Waals surface area contributed by atoms with E-state index in [4.69, 9.17) is 5.11 Å². The van der Waals surface area contributed by atoms with Crippen LogP contribution in [0.3, 0.4) is 0 Å². The molecule has 1 heterocycles. The molecule has 1 N–H and O–H groups in total. The molecule has 106 valence electrons. The summed E-state index contributed by atoms with van der Waals surface area (Å²) >= 11 is 3.15. The smallest absolute Gasteiger partial charge is 0.255 e. The molecule has 0 saturated carbocycles. The fraction of sp³-hybridized carbons (Fsp3) is 0.455. The van der Waals surface area contributed by atoms with Crippen molar-refractivity contribution in [2.45, 2.75) is 13.0 Å². The van der Waals surface area contributed by atoms with E-state index in [0.717, 1.165) is 9.47 Å². The highest BCUT2D eigenvalue weighted by atomic mass is 79.9. The first kappa shape index (κ1) is 15.8. The van der Waals surface area contributed by atoms with Gasteiger partial charge in [0.1, 0.15) is 6.54 Å². The summed E-state index contributed by atoms with van der Waals surface area (Å²) in [6.45, 7) is -1.70. The lowest BCUT2D eigenvalue weighted by molar-refractivity contribution is -0.134. The molecular weight excluding hydrogens is 326 g/mol. The number of alkyl halides is 2. The van der Waals surface area contributed by atoms with Crippen LogP contribution in [0.1, 0.15) is 0 Å². The molecule has 1 rings (SSSR count). The summed E-state index contributed by atoms with van der Waals surface area (Å²) in [5.41, 5.74) is -0.405. The highest BCUT2D eigenvalue weighted by Crippen LogP contribution is 2.06. The summed E-state index contributed by atoms with van der Waals surface area (Å²) in [5, 5.41) is 8.75. The fourth-order valence-corrected chi connectivity index (χ4v) is 1.86. The second-order valence-electron chi connectivity index (χ2n) is 3.77. The number of aliphatic hydroxyl groups is 1. The average Bonchev–Trinajstić information content (AvgIpc) is 2.32. The number of amides is 1. The Bertz CT molecular complexity index is 493. The Kier molecular flexibility index (Phi) is 6.10. The topological polar surface area (TPSA) is 62.5 Å². The summed E-state index contributed by atoms with van der Waals surface area (Å²) in [5.74, 6) is -0.644. The van der Waals surface area contributed by atoms with Crippen molar-refractivity contribution in [2.75, 3.05) is 19.7 Å². The molecule has 0 bridgehead atoms. The van der Waals surface area contributed by atoms with Crippen LogP contribution in [0.4, 0.5) is 8.78 Å². The van der Waals surface area contributed by atoms with Crippen LogP contribution in [0, 0.1) is 0 Å². The van der Waals surface area contributed by atoms with Crippen LogP contribution in [-0.4, -0.2) is 46.6 Å². The van der Waals surface area contributed by atoms with E-state index >= 15 is 0 Å². The Morgan fingerprint density at radius 1 is 1.47 bits per heavy atom. The summed E-state index contributed by atoms with van der Waals surface area (Å²) in [4.78, 5) is 24.1. The maximum absolute atomic E-state index is 12.3. The van der Waals surface area contributed by atoms with Crippen LogP contribution in [0.15, 0.2) is 27.6 Å². The molecule has 0 aliphatic heterocycles. The number of aromatic nitrogens is 1. The van der Waals surface area contributed by atoms with Crippen molar-refractivity contribution < 1.29 is 18.7 Å². The number of rotatable bonds is 6. The quantitative estimate of drug-likeness (QED) is 0.830. The molecule has 0 fully saturated rings. The van der Waals surface area contributed by atoms with E-state index in [9.17, 15) is 18.4 Å². The van der Waals surface area contributed by atoms with Crippen molar-refractivity contribution in [1.29, 1.82) is 0 Å². The molecule has 8 heteroatoms. The predicted octanol–water partition coefficient (Wildman–Crippen LogP) is 0.697. The number of pyridine rings is 1. The predicted molar refractivity (Wildman–Crippen MR) is 68.1 cm³/mol. The van der Waals surface area contributed by atoms with Crippen molar-refractivity contribution in [3.8, 4) is 0 Å². The normalized spacial score (nSPS) is 10.8. The average molecular weight is 339 g/mol. The van der Waals surface area contributed by atoms with Gasteiger partial charge in [-0.25, -0.2) is 8.78 Å². The fourth-order valence-electron chi connectivity index (χ4n) is 1.48. The molecule has 0 aliphatic carbocycles. The van der Waals surface area contributed by atoms with Crippen LogP contribution in [0.25, 0.3) is 0 Å². The minimum Gasteiger partial charge on any atom is -0.395 e. The lowest BCUT2D eigenvalue weighted by Gasteiger charge is -2.21. The van der Waals surface area contributed by atoms with Gasteiger partial charge in [0.25, 0.3) is 12.0 Å². The van der Waals surface area contributed by atoms with Crippen LogP contribution in [0.2, 0.25) is 0 Å². The third-order valence-electron chi connectivity index (χ3n) is 2.33. The highest BCUT2D eigenvalue weighted by Gasteiger charge is 2.18. The zero-order valence-corrected chi connectivity index (χ0v) is 11.5. The van der Waals surface area contributed by atoms with Crippen molar-refractivity contribution >= 4 is 21.8 Å². The minimum absolute atomic E-state index is 0.189. The minimum atomic E-state index is -2.69. The van der Waals surface area contributed by atoms with Crippen LogP contribution in [-0.2, 0) is 11.3 Å². The van der Waals surface area contributed by atoms with E-state index in [1.165, 1.54) is 18.3 Å². The van der Waals surface area contributed by atoms with E-state index in [-0.39, 0.29) is 13.1 Å². The molecule has 1 aromatic rings. The van der Waals surface area contributed by atoms with E-state index in [0.29, 0.717) is 4.47 Å². The second kappa shape index (κ2) is 7.34. The summed E-state index contributed by atoms with van der Waals surface area (Å²) < 4.78 is 26.3. The molecule has 0 spiro atoms. The van der Waals surface area contributed by atoms with Crippen molar-refractivity contribution in [3.05, 3.63) is 33.2 Å². The number of nitrogens with zero attached hydrogens (tertiary/aromatic N) is 2. The van der Waals surface area contributed by atoms with Crippen molar-refractivity contribution in [1.82, 2.24) is 9.47 Å². The summed E-state index contributed by atoms with van der Waals surface area (Å²) in [6, 6.07) is 2.79. The molecule has 1 aromatic heterocycles. The van der Waals surface area contributed by atoms with Gasteiger partial charge in [-0.05, 0) is 22.0 Å². The molecule has 19 heavy (non-hydrogen) atoms. The number of aliphatic hydroxyl groups excluding tert-OH is 1. The van der Waals surface area contributed by atoms with Gasteiger partial charge in [0.15, 0.2) is 0 Å². The highest BCUT2D eigenvalue weighted by molar-refractivity contribution is 9.10. The maximum atomic E-state index is 12.3. The Balaban J connectivity index is 2.80. The number of hydrogen-bond acceptors (Lipinski definition) is 3. The SMILES string of the molecule is O=C(Cn1cc(Br)ccc1=O)N(CCO)CC(F)F. The molecule has 1 amide bonds. The van der Waals surface area contributed by atoms with E-state index in [1.54, 1.807) is 0 Å². The third-order valence-corrected chi connectivity index (χ3v) is 2.80. The molecule has 0 saturated heterocycles. The second-order valence-corrected chi connectivity index (χ2v) is 4.68. The van der Waals surface area contributed by atoms with Gasteiger partial charge >= 0.3 is 0 Å². The van der Waals surface area contributed by atoms with E-state index < -0.39 is 31.0 Å². The van der Waals surface area contributed by atoms with Gasteiger partial charge in [-0.15, -0.1) is 0 Å². The van der Waals surface area contributed by atoms with Crippen LogP contribution < -0.4 is 5.56 Å². The molecular formula is C11H13BrF2N2O3. The lowest BCUT2D eigenvalue weighted by atomic mass is 10.4. The summed E-state index contributed by atoms with van der Waals surface area (Å²) in [6.07, 6.45) is -1.28. The van der Waals surface area contributed by atoms with Crippen molar-refractivity contribution in [2.24, 2.45) is 0 Å². The number of carbonyl (C=O) groups excluding carboxylic acids is 1. The van der Waals surface area contributed by atoms with Gasteiger partial charge in [0.2, 0.25) is 5.91 Å². The largest absolute Gasteiger partial charge is 0.395 e.